The van der Waals surface area contributed by atoms with Gasteiger partial charge in [0.2, 0.25) is 17.7 Å². The van der Waals surface area contributed by atoms with Crippen LogP contribution in [0.5, 0.6) is 5.75 Å². The smallest absolute Gasteiger partial charge is 0.263 e. The van der Waals surface area contributed by atoms with Gasteiger partial charge in [-0.3, -0.25) is 24.1 Å². The Bertz CT molecular complexity index is 991. The zero-order valence-corrected chi connectivity index (χ0v) is 17.0. The molecular formula is C23H23N3O5. The second-order valence-electron chi connectivity index (χ2n) is 7.47. The SMILES string of the molecule is O=C(NCc1ccccc1)[C@@H]1CN(C(=O)CCN2C(=O)CCC2=O)c2ccccc2O1. The van der Waals surface area contributed by atoms with Gasteiger partial charge in [0.05, 0.1) is 12.2 Å². The van der Waals surface area contributed by atoms with Crippen molar-refractivity contribution in [2.24, 2.45) is 0 Å². The highest BCUT2D eigenvalue weighted by molar-refractivity contribution is 6.03. The number of amides is 4. The van der Waals surface area contributed by atoms with Crippen LogP contribution in [0, 0.1) is 0 Å². The van der Waals surface area contributed by atoms with Crippen LogP contribution in [0.4, 0.5) is 5.69 Å². The second-order valence-corrected chi connectivity index (χ2v) is 7.47. The number of likely N-dealkylation sites (tertiary alicyclic amines) is 1. The first kappa shape index (κ1) is 20.6. The fraction of sp³-hybridized carbons (Fsp3) is 0.304. The summed E-state index contributed by atoms with van der Waals surface area (Å²) in [5, 5.41) is 2.85. The molecule has 2 aliphatic heterocycles. The van der Waals surface area contributed by atoms with Gasteiger partial charge in [-0.25, -0.2) is 0 Å². The summed E-state index contributed by atoms with van der Waals surface area (Å²) in [6.07, 6.45) is -0.490. The van der Waals surface area contributed by atoms with E-state index in [1.165, 1.54) is 4.90 Å². The van der Waals surface area contributed by atoms with E-state index in [-0.39, 0.29) is 56.0 Å². The standard InChI is InChI=1S/C23H23N3O5/c27-20-10-11-21(28)25(20)13-12-22(29)26-15-19(31-18-9-5-4-8-17(18)26)23(30)24-14-16-6-2-1-3-7-16/h1-9,19H,10-15H2,(H,24,30)/t19-/m0/s1. The molecule has 0 aliphatic carbocycles. The molecule has 2 aromatic carbocycles. The van der Waals surface area contributed by atoms with Crippen molar-refractivity contribution < 1.29 is 23.9 Å². The number of imide groups is 1. The van der Waals surface area contributed by atoms with Gasteiger partial charge in [-0.15, -0.1) is 0 Å². The maximum atomic E-state index is 13.0. The van der Waals surface area contributed by atoms with Gasteiger partial charge in [0, 0.05) is 32.4 Å². The zero-order valence-electron chi connectivity index (χ0n) is 17.0. The quantitative estimate of drug-likeness (QED) is 0.716. The number of benzene rings is 2. The number of anilines is 1. The average molecular weight is 421 g/mol. The second kappa shape index (κ2) is 8.99. The molecule has 2 aromatic rings. The highest BCUT2D eigenvalue weighted by atomic mass is 16.5. The Labute approximate surface area is 179 Å². The van der Waals surface area contributed by atoms with Gasteiger partial charge in [-0.2, -0.15) is 0 Å². The number of nitrogens with one attached hydrogen (secondary N) is 1. The lowest BCUT2D eigenvalue weighted by Crippen LogP contribution is -2.51. The summed E-state index contributed by atoms with van der Waals surface area (Å²) >= 11 is 0. The summed E-state index contributed by atoms with van der Waals surface area (Å²) in [7, 11) is 0. The lowest BCUT2D eigenvalue weighted by Gasteiger charge is -2.34. The fourth-order valence-corrected chi connectivity index (χ4v) is 3.72. The van der Waals surface area contributed by atoms with Crippen molar-refractivity contribution >= 4 is 29.3 Å². The molecule has 160 valence electrons. The van der Waals surface area contributed by atoms with Crippen LogP contribution in [0.25, 0.3) is 0 Å². The Morgan fingerprint density at radius 1 is 0.968 bits per heavy atom. The summed E-state index contributed by atoms with van der Waals surface area (Å²) in [6, 6.07) is 16.5. The van der Waals surface area contributed by atoms with Crippen LogP contribution in [-0.2, 0) is 25.7 Å². The molecule has 2 aliphatic rings. The van der Waals surface area contributed by atoms with Gasteiger partial charge in [0.25, 0.3) is 5.91 Å². The molecule has 0 spiro atoms. The highest BCUT2D eigenvalue weighted by Gasteiger charge is 2.35. The molecule has 1 atom stereocenters. The van der Waals surface area contributed by atoms with Crippen LogP contribution in [0.3, 0.4) is 0 Å². The van der Waals surface area contributed by atoms with E-state index in [1.807, 2.05) is 30.3 Å². The van der Waals surface area contributed by atoms with Crippen LogP contribution in [-0.4, -0.2) is 47.7 Å². The van der Waals surface area contributed by atoms with Gasteiger partial charge in [0.15, 0.2) is 6.10 Å². The van der Waals surface area contributed by atoms with Crippen molar-refractivity contribution in [1.29, 1.82) is 0 Å². The number of carbonyl (C=O) groups excluding carboxylic acids is 4. The Morgan fingerprint density at radius 3 is 2.39 bits per heavy atom. The first-order valence-corrected chi connectivity index (χ1v) is 10.2. The molecule has 0 unspecified atom stereocenters. The van der Waals surface area contributed by atoms with E-state index in [9.17, 15) is 19.2 Å². The molecule has 0 aromatic heterocycles. The van der Waals surface area contributed by atoms with E-state index < -0.39 is 6.10 Å². The number of fused-ring (bicyclic) bond motifs is 1. The third-order valence-electron chi connectivity index (χ3n) is 5.38. The van der Waals surface area contributed by atoms with E-state index >= 15 is 0 Å². The number of ether oxygens (including phenoxy) is 1. The third kappa shape index (κ3) is 4.58. The molecule has 31 heavy (non-hydrogen) atoms. The van der Waals surface area contributed by atoms with Crippen LogP contribution in [0.2, 0.25) is 0 Å². The molecule has 0 bridgehead atoms. The first-order chi connectivity index (χ1) is 15.0. The largest absolute Gasteiger partial charge is 0.477 e. The molecule has 4 rings (SSSR count). The van der Waals surface area contributed by atoms with Crippen LogP contribution >= 0.6 is 0 Å². The van der Waals surface area contributed by atoms with Crippen molar-refractivity contribution in [1.82, 2.24) is 10.2 Å². The summed E-state index contributed by atoms with van der Waals surface area (Å²) < 4.78 is 5.85. The number of carbonyl (C=O) groups is 4. The fourth-order valence-electron chi connectivity index (χ4n) is 3.72. The molecule has 8 nitrogen and oxygen atoms in total. The molecular weight excluding hydrogens is 398 g/mol. The predicted molar refractivity (Wildman–Crippen MR) is 112 cm³/mol. The molecule has 1 fully saturated rings. The van der Waals surface area contributed by atoms with Gasteiger partial charge in [0.1, 0.15) is 5.75 Å². The summed E-state index contributed by atoms with van der Waals surface area (Å²) in [5.41, 5.74) is 1.53. The van der Waals surface area contributed by atoms with Gasteiger partial charge in [-0.1, -0.05) is 42.5 Å². The van der Waals surface area contributed by atoms with Crippen molar-refractivity contribution in [2.75, 3.05) is 18.0 Å². The molecule has 0 radical (unpaired) electrons. The molecule has 8 heteroatoms. The molecule has 0 saturated carbocycles. The lowest BCUT2D eigenvalue weighted by atomic mass is 10.1. The van der Waals surface area contributed by atoms with Crippen molar-refractivity contribution in [2.45, 2.75) is 31.9 Å². The van der Waals surface area contributed by atoms with Gasteiger partial charge in [-0.05, 0) is 17.7 Å². The maximum absolute atomic E-state index is 13.0. The third-order valence-corrected chi connectivity index (χ3v) is 5.38. The van der Waals surface area contributed by atoms with E-state index in [4.69, 9.17) is 4.74 Å². The van der Waals surface area contributed by atoms with E-state index in [1.54, 1.807) is 24.3 Å². The van der Waals surface area contributed by atoms with Crippen LogP contribution in [0.15, 0.2) is 54.6 Å². The molecule has 4 amide bonds. The van der Waals surface area contributed by atoms with Gasteiger partial charge >= 0.3 is 0 Å². The Balaban J connectivity index is 1.44. The minimum atomic E-state index is -0.863. The first-order valence-electron chi connectivity index (χ1n) is 10.2. The van der Waals surface area contributed by atoms with Gasteiger partial charge < -0.3 is 15.0 Å². The van der Waals surface area contributed by atoms with Crippen LogP contribution < -0.4 is 15.0 Å². The topological polar surface area (TPSA) is 96.0 Å². The minimum absolute atomic E-state index is 0.00975. The normalized spacial score (nSPS) is 17.9. The zero-order chi connectivity index (χ0) is 21.8. The predicted octanol–water partition coefficient (Wildman–Crippen LogP) is 1.64. The van der Waals surface area contributed by atoms with Crippen LogP contribution in [0.1, 0.15) is 24.8 Å². The Hall–Kier alpha value is -3.68. The number of nitrogens with zero attached hydrogens (tertiary/aromatic N) is 2. The Morgan fingerprint density at radius 2 is 1.65 bits per heavy atom. The average Bonchev–Trinajstić information content (AvgIpc) is 3.12. The molecule has 1 saturated heterocycles. The highest BCUT2D eigenvalue weighted by Crippen LogP contribution is 2.33. The number of rotatable bonds is 6. The molecule has 2 heterocycles. The molecule has 1 N–H and O–H groups in total. The van der Waals surface area contributed by atoms with Crippen molar-refractivity contribution in [3.63, 3.8) is 0 Å². The van der Waals surface area contributed by atoms with Crippen molar-refractivity contribution in [3.8, 4) is 5.75 Å². The van der Waals surface area contributed by atoms with E-state index in [0.29, 0.717) is 18.0 Å². The Kier molecular flexibility index (Phi) is 5.97. The lowest BCUT2D eigenvalue weighted by molar-refractivity contribution is -0.138. The number of hydrogen-bond acceptors (Lipinski definition) is 5. The maximum Gasteiger partial charge on any atom is 0.263 e. The van der Waals surface area contributed by atoms with Crippen molar-refractivity contribution in [3.05, 3.63) is 60.2 Å². The monoisotopic (exact) mass is 421 g/mol. The summed E-state index contributed by atoms with van der Waals surface area (Å²) in [4.78, 5) is 51.9. The number of hydrogen-bond donors (Lipinski definition) is 1. The summed E-state index contributed by atoms with van der Waals surface area (Å²) in [5.74, 6) is -0.655. The van der Waals surface area contributed by atoms with E-state index in [2.05, 4.69) is 5.32 Å². The number of para-hydroxylation sites is 2. The summed E-state index contributed by atoms with van der Waals surface area (Å²) in [6.45, 7) is 0.452. The minimum Gasteiger partial charge on any atom is -0.477 e. The van der Waals surface area contributed by atoms with E-state index in [0.717, 1.165) is 10.5 Å².